The molecule has 6 heteroatoms. The topological polar surface area (TPSA) is 31.2 Å². The summed E-state index contributed by atoms with van der Waals surface area (Å²) in [6.45, 7) is 0. The van der Waals surface area contributed by atoms with Crippen LogP contribution in [0.5, 0.6) is 5.75 Å². The Bertz CT molecular complexity index is 602. The normalized spacial score (nSPS) is 11.4. The van der Waals surface area contributed by atoms with Crippen molar-refractivity contribution in [1.82, 2.24) is 4.57 Å². The lowest BCUT2D eigenvalue weighted by Gasteiger charge is -2.12. The van der Waals surface area contributed by atoms with Gasteiger partial charge in [0.15, 0.2) is 6.29 Å². The third-order valence-corrected chi connectivity index (χ3v) is 2.60. The number of ether oxygens (including phenoxy) is 1. The smallest absolute Gasteiger partial charge is 0.416 e. The van der Waals surface area contributed by atoms with Gasteiger partial charge >= 0.3 is 6.18 Å². The van der Waals surface area contributed by atoms with E-state index in [2.05, 4.69) is 0 Å². The Hall–Kier alpha value is -2.24. The van der Waals surface area contributed by atoms with E-state index in [0.717, 1.165) is 12.1 Å². The highest BCUT2D eigenvalue weighted by atomic mass is 19.4. The maximum absolute atomic E-state index is 12.8. The van der Waals surface area contributed by atoms with Crippen LogP contribution in [0, 0.1) is 0 Å². The van der Waals surface area contributed by atoms with E-state index >= 15 is 0 Å². The van der Waals surface area contributed by atoms with Gasteiger partial charge in [-0.25, -0.2) is 0 Å². The molecule has 0 spiro atoms. The zero-order valence-corrected chi connectivity index (χ0v) is 9.94. The van der Waals surface area contributed by atoms with Crippen molar-refractivity contribution >= 4 is 6.29 Å². The molecule has 0 aliphatic heterocycles. The van der Waals surface area contributed by atoms with Gasteiger partial charge in [0.05, 0.1) is 12.7 Å². The molecule has 1 aromatic heterocycles. The number of alkyl halides is 3. The molecule has 3 nitrogen and oxygen atoms in total. The first-order valence-corrected chi connectivity index (χ1v) is 5.34. The molecule has 0 saturated heterocycles. The first-order chi connectivity index (χ1) is 8.94. The number of benzene rings is 1. The fraction of sp³-hybridized carbons (Fsp3) is 0.154. The Kier molecular flexibility index (Phi) is 3.33. The number of aromatic nitrogens is 1. The largest absolute Gasteiger partial charge is 0.497 e. The van der Waals surface area contributed by atoms with Crippen molar-refractivity contribution in [3.8, 4) is 11.4 Å². The molecule has 0 atom stereocenters. The first-order valence-electron chi connectivity index (χ1n) is 5.34. The Morgan fingerprint density at radius 2 is 2.00 bits per heavy atom. The monoisotopic (exact) mass is 269 g/mol. The number of aldehydes is 1. The summed E-state index contributed by atoms with van der Waals surface area (Å²) in [5.41, 5.74) is -0.139. The van der Waals surface area contributed by atoms with Gasteiger partial charge in [-0.15, -0.1) is 0 Å². The third kappa shape index (κ3) is 2.78. The number of rotatable bonds is 3. The van der Waals surface area contributed by atoms with Gasteiger partial charge in [-0.3, -0.25) is 4.79 Å². The SMILES string of the molecule is COc1cc(-n2ccc(C=O)c2)cc(C(F)(F)F)c1. The van der Waals surface area contributed by atoms with Crippen molar-refractivity contribution in [3.05, 3.63) is 47.8 Å². The second-order valence-electron chi connectivity index (χ2n) is 3.89. The van der Waals surface area contributed by atoms with Crippen molar-refractivity contribution in [2.45, 2.75) is 6.18 Å². The molecule has 0 bridgehead atoms. The van der Waals surface area contributed by atoms with Crippen LogP contribution in [0.2, 0.25) is 0 Å². The lowest BCUT2D eigenvalue weighted by molar-refractivity contribution is -0.137. The highest BCUT2D eigenvalue weighted by Crippen LogP contribution is 2.33. The number of carbonyl (C=O) groups excluding carboxylic acids is 1. The number of hydrogen-bond acceptors (Lipinski definition) is 2. The summed E-state index contributed by atoms with van der Waals surface area (Å²) in [6.07, 6.45) is -0.869. The van der Waals surface area contributed by atoms with Gasteiger partial charge in [-0.05, 0) is 18.2 Å². The summed E-state index contributed by atoms with van der Waals surface area (Å²) in [6, 6.07) is 4.90. The predicted molar refractivity (Wildman–Crippen MR) is 62.7 cm³/mol. The molecule has 0 fully saturated rings. The van der Waals surface area contributed by atoms with Gasteiger partial charge in [-0.1, -0.05) is 0 Å². The second-order valence-corrected chi connectivity index (χ2v) is 3.89. The van der Waals surface area contributed by atoms with Gasteiger partial charge in [0, 0.05) is 29.7 Å². The molecule has 0 aliphatic carbocycles. The van der Waals surface area contributed by atoms with Crippen molar-refractivity contribution in [2.75, 3.05) is 7.11 Å². The summed E-state index contributed by atoms with van der Waals surface area (Å²) < 4.78 is 44.5. The van der Waals surface area contributed by atoms with Crippen LogP contribution >= 0.6 is 0 Å². The van der Waals surface area contributed by atoms with E-state index in [0.29, 0.717) is 11.8 Å². The minimum absolute atomic E-state index is 0.103. The molecule has 0 saturated carbocycles. The average molecular weight is 269 g/mol. The van der Waals surface area contributed by atoms with E-state index in [4.69, 9.17) is 4.74 Å². The van der Waals surface area contributed by atoms with Crippen LogP contribution in [0.1, 0.15) is 15.9 Å². The molecule has 1 heterocycles. The molecule has 0 radical (unpaired) electrons. The standard InChI is InChI=1S/C13H10F3NO2/c1-19-12-5-10(13(14,15)16)4-11(6-12)17-3-2-9(7-17)8-18/h2-8H,1H3. The van der Waals surface area contributed by atoms with Crippen LogP contribution in [0.3, 0.4) is 0 Å². The summed E-state index contributed by atoms with van der Waals surface area (Å²) in [5.74, 6) is 0.103. The number of carbonyl (C=O) groups is 1. The second kappa shape index (κ2) is 4.79. The fourth-order valence-electron chi connectivity index (χ4n) is 1.66. The van der Waals surface area contributed by atoms with Gasteiger partial charge in [0.25, 0.3) is 0 Å². The van der Waals surface area contributed by atoms with Crippen LogP contribution in [0.4, 0.5) is 13.2 Å². The number of halogens is 3. The summed E-state index contributed by atoms with van der Waals surface area (Å²) in [5, 5.41) is 0. The molecule has 0 unspecified atom stereocenters. The van der Waals surface area contributed by atoms with Crippen LogP contribution in [0.15, 0.2) is 36.7 Å². The van der Waals surface area contributed by atoms with Gasteiger partial charge in [-0.2, -0.15) is 13.2 Å². The molecule has 2 aromatic rings. The van der Waals surface area contributed by atoms with Crippen molar-refractivity contribution < 1.29 is 22.7 Å². The third-order valence-electron chi connectivity index (χ3n) is 2.60. The summed E-state index contributed by atoms with van der Waals surface area (Å²) in [7, 11) is 1.30. The van der Waals surface area contributed by atoms with E-state index in [1.807, 2.05) is 0 Å². The summed E-state index contributed by atoms with van der Waals surface area (Å²) >= 11 is 0. The Balaban J connectivity index is 2.53. The van der Waals surface area contributed by atoms with Gasteiger partial charge in [0.1, 0.15) is 5.75 Å². The lowest BCUT2D eigenvalue weighted by atomic mass is 10.2. The zero-order valence-electron chi connectivity index (χ0n) is 9.94. The van der Waals surface area contributed by atoms with Crippen LogP contribution in [0.25, 0.3) is 5.69 Å². The van der Waals surface area contributed by atoms with Crippen molar-refractivity contribution in [1.29, 1.82) is 0 Å². The molecule has 0 amide bonds. The van der Waals surface area contributed by atoms with Crippen LogP contribution < -0.4 is 4.74 Å². The Morgan fingerprint density at radius 1 is 1.26 bits per heavy atom. The molecule has 0 N–H and O–H groups in total. The quantitative estimate of drug-likeness (QED) is 0.800. The molecular formula is C13H10F3NO2. The number of methoxy groups -OCH3 is 1. The van der Waals surface area contributed by atoms with Crippen LogP contribution in [-0.4, -0.2) is 18.0 Å². The molecule has 1 aromatic carbocycles. The summed E-state index contributed by atoms with van der Waals surface area (Å²) in [4.78, 5) is 10.6. The maximum Gasteiger partial charge on any atom is 0.416 e. The highest BCUT2D eigenvalue weighted by Gasteiger charge is 2.31. The minimum atomic E-state index is -4.45. The number of nitrogens with zero attached hydrogens (tertiary/aromatic N) is 1. The first kappa shape index (κ1) is 13.2. The van der Waals surface area contributed by atoms with Crippen molar-refractivity contribution in [2.24, 2.45) is 0 Å². The molecule has 2 rings (SSSR count). The fourth-order valence-corrected chi connectivity index (χ4v) is 1.66. The number of hydrogen-bond donors (Lipinski definition) is 0. The minimum Gasteiger partial charge on any atom is -0.497 e. The van der Waals surface area contributed by atoms with E-state index in [1.165, 1.54) is 36.2 Å². The van der Waals surface area contributed by atoms with Gasteiger partial charge in [0.2, 0.25) is 0 Å². The zero-order chi connectivity index (χ0) is 14.0. The molecular weight excluding hydrogens is 259 g/mol. The van der Waals surface area contributed by atoms with Crippen LogP contribution in [-0.2, 0) is 6.18 Å². The molecule has 0 aliphatic rings. The predicted octanol–water partition coefficient (Wildman–Crippen LogP) is 3.32. The lowest BCUT2D eigenvalue weighted by Crippen LogP contribution is -2.06. The van der Waals surface area contributed by atoms with E-state index in [-0.39, 0.29) is 11.4 Å². The maximum atomic E-state index is 12.8. The molecule has 19 heavy (non-hydrogen) atoms. The molecule has 100 valence electrons. The van der Waals surface area contributed by atoms with E-state index in [1.54, 1.807) is 0 Å². The van der Waals surface area contributed by atoms with Gasteiger partial charge < -0.3 is 9.30 Å². The van der Waals surface area contributed by atoms with Crippen molar-refractivity contribution in [3.63, 3.8) is 0 Å². The Morgan fingerprint density at radius 3 is 2.53 bits per heavy atom. The Labute approximate surface area is 107 Å². The van der Waals surface area contributed by atoms with E-state index in [9.17, 15) is 18.0 Å². The highest BCUT2D eigenvalue weighted by molar-refractivity contribution is 5.74. The van der Waals surface area contributed by atoms with E-state index < -0.39 is 11.7 Å². The average Bonchev–Trinajstić information content (AvgIpc) is 2.86.